The summed E-state index contributed by atoms with van der Waals surface area (Å²) >= 11 is 0. The molecule has 7 heteroatoms. The number of nitrogens with zero attached hydrogens (tertiary/aromatic N) is 3. The number of hydrogen-bond donors (Lipinski definition) is 2. The van der Waals surface area contributed by atoms with E-state index in [0.29, 0.717) is 24.7 Å². The molecule has 14 heavy (non-hydrogen) atoms. The van der Waals surface area contributed by atoms with Gasteiger partial charge in [0.2, 0.25) is 11.6 Å². The summed E-state index contributed by atoms with van der Waals surface area (Å²) in [5.41, 5.74) is 5.30. The molecule has 0 aromatic carbocycles. The van der Waals surface area contributed by atoms with Crippen molar-refractivity contribution in [3.05, 3.63) is 15.9 Å². The van der Waals surface area contributed by atoms with Crippen LogP contribution < -0.4 is 11.1 Å². The Kier molecular flexibility index (Phi) is 3.03. The molecule has 0 spiro atoms. The van der Waals surface area contributed by atoms with Gasteiger partial charge in [-0.15, -0.1) is 0 Å². The summed E-state index contributed by atoms with van der Waals surface area (Å²) in [6.07, 6.45) is 0. The van der Waals surface area contributed by atoms with Crippen molar-refractivity contribution in [1.82, 2.24) is 9.55 Å². The maximum Gasteiger partial charge on any atom is 0.406 e. The van der Waals surface area contributed by atoms with Crippen molar-refractivity contribution in [3.63, 3.8) is 0 Å². The lowest BCUT2D eigenvalue weighted by molar-refractivity contribution is -0.388. The van der Waals surface area contributed by atoms with Crippen LogP contribution in [0.3, 0.4) is 0 Å². The number of imidazole rings is 1. The summed E-state index contributed by atoms with van der Waals surface area (Å²) < 4.78 is 1.63. The number of rotatable bonds is 4. The van der Waals surface area contributed by atoms with Gasteiger partial charge in [0, 0.05) is 27.1 Å². The molecule has 0 aliphatic carbocycles. The summed E-state index contributed by atoms with van der Waals surface area (Å²) in [7, 11) is 1.72. The fourth-order valence-corrected chi connectivity index (χ4v) is 1.11. The van der Waals surface area contributed by atoms with Gasteiger partial charge in [-0.1, -0.05) is 0 Å². The van der Waals surface area contributed by atoms with Gasteiger partial charge >= 0.3 is 5.82 Å². The largest absolute Gasteiger partial charge is 0.406 e. The Balaban J connectivity index is 3.03. The third-order valence-corrected chi connectivity index (χ3v) is 1.91. The highest BCUT2D eigenvalue weighted by Crippen LogP contribution is 2.23. The number of nitrogens with two attached hydrogens (primary N) is 1. The van der Waals surface area contributed by atoms with E-state index in [1.54, 1.807) is 18.5 Å². The van der Waals surface area contributed by atoms with Crippen LogP contribution in [0.1, 0.15) is 5.82 Å². The Morgan fingerprint density at radius 1 is 1.71 bits per heavy atom. The lowest BCUT2D eigenvalue weighted by atomic mass is 10.5. The smallest absolute Gasteiger partial charge is 0.363 e. The first kappa shape index (κ1) is 10.5. The predicted molar refractivity (Wildman–Crippen MR) is 52.1 cm³/mol. The molecule has 0 aliphatic heterocycles. The summed E-state index contributed by atoms with van der Waals surface area (Å²) in [5, 5.41) is 13.5. The summed E-state index contributed by atoms with van der Waals surface area (Å²) in [6, 6.07) is 0. The topological polar surface area (TPSA) is 99.0 Å². The quantitative estimate of drug-likeness (QED) is 0.525. The number of hydrogen-bond acceptors (Lipinski definition) is 5. The van der Waals surface area contributed by atoms with Crippen molar-refractivity contribution in [2.75, 3.05) is 18.4 Å². The molecule has 0 aliphatic rings. The number of nitro groups is 1. The molecule has 0 bridgehead atoms. The van der Waals surface area contributed by atoms with E-state index in [1.807, 2.05) is 0 Å². The van der Waals surface area contributed by atoms with Crippen LogP contribution in [0.5, 0.6) is 0 Å². The van der Waals surface area contributed by atoms with E-state index in [1.165, 1.54) is 0 Å². The van der Waals surface area contributed by atoms with Crippen LogP contribution in [0.15, 0.2) is 0 Å². The van der Waals surface area contributed by atoms with Gasteiger partial charge in [-0.3, -0.25) is 4.57 Å². The van der Waals surface area contributed by atoms with Gasteiger partial charge in [0.25, 0.3) is 0 Å². The molecule has 1 aromatic rings. The van der Waals surface area contributed by atoms with Gasteiger partial charge in [-0.05, 0) is 9.91 Å². The predicted octanol–water partition coefficient (Wildman–Crippen LogP) is 0.00732. The van der Waals surface area contributed by atoms with Gasteiger partial charge in [-0.25, -0.2) is 0 Å². The number of anilines is 1. The van der Waals surface area contributed by atoms with Gasteiger partial charge < -0.3 is 21.2 Å². The highest BCUT2D eigenvalue weighted by molar-refractivity contribution is 5.53. The van der Waals surface area contributed by atoms with Crippen LogP contribution in [0.25, 0.3) is 0 Å². The maximum absolute atomic E-state index is 10.6. The number of aromatic nitrogens is 2. The zero-order valence-electron chi connectivity index (χ0n) is 8.15. The zero-order chi connectivity index (χ0) is 10.7. The van der Waals surface area contributed by atoms with Gasteiger partial charge in [0.15, 0.2) is 0 Å². The van der Waals surface area contributed by atoms with Crippen molar-refractivity contribution >= 4 is 11.6 Å². The second-order valence-corrected chi connectivity index (χ2v) is 2.86. The molecule has 1 rings (SSSR count). The molecule has 0 atom stereocenters. The van der Waals surface area contributed by atoms with E-state index in [4.69, 9.17) is 5.73 Å². The van der Waals surface area contributed by atoms with E-state index in [2.05, 4.69) is 10.3 Å². The molecule has 0 fully saturated rings. The fourth-order valence-electron chi connectivity index (χ4n) is 1.11. The SMILES string of the molecule is Cc1nc([N+](=O)[O-])c(NCCN)n1C. The Morgan fingerprint density at radius 3 is 2.86 bits per heavy atom. The summed E-state index contributed by atoms with van der Waals surface area (Å²) in [4.78, 5) is 13.9. The molecule has 1 aromatic heterocycles. The van der Waals surface area contributed by atoms with E-state index in [0.717, 1.165) is 0 Å². The zero-order valence-corrected chi connectivity index (χ0v) is 8.15. The molecule has 0 unspecified atom stereocenters. The van der Waals surface area contributed by atoms with Crippen LogP contribution in [-0.2, 0) is 7.05 Å². The standard InChI is InChI=1S/C7H13N5O2/c1-5-10-7(12(13)14)6(11(5)2)9-4-3-8/h9H,3-4,8H2,1-2H3. The van der Waals surface area contributed by atoms with Gasteiger partial charge in [0.05, 0.1) is 0 Å². The van der Waals surface area contributed by atoms with Crippen LogP contribution in [-0.4, -0.2) is 27.6 Å². The van der Waals surface area contributed by atoms with Gasteiger partial charge in [0.1, 0.15) is 0 Å². The van der Waals surface area contributed by atoms with Crippen molar-refractivity contribution in [1.29, 1.82) is 0 Å². The van der Waals surface area contributed by atoms with Gasteiger partial charge in [-0.2, -0.15) is 0 Å². The minimum atomic E-state index is -0.508. The first-order valence-corrected chi connectivity index (χ1v) is 4.19. The molecular formula is C7H13N5O2. The number of aryl methyl sites for hydroxylation is 1. The Morgan fingerprint density at radius 2 is 2.36 bits per heavy atom. The van der Waals surface area contributed by atoms with Crippen LogP contribution >= 0.6 is 0 Å². The third kappa shape index (κ3) is 1.82. The van der Waals surface area contributed by atoms with Crippen LogP contribution in [0, 0.1) is 17.0 Å². The second kappa shape index (κ2) is 4.05. The minimum Gasteiger partial charge on any atom is -0.363 e. The van der Waals surface area contributed by atoms with E-state index in [-0.39, 0.29) is 5.82 Å². The highest BCUT2D eigenvalue weighted by Gasteiger charge is 2.22. The number of nitrogens with one attached hydrogen (secondary N) is 1. The Hall–Kier alpha value is -1.63. The summed E-state index contributed by atoms with van der Waals surface area (Å²) in [5.74, 6) is 0.840. The average Bonchev–Trinajstić information content (AvgIpc) is 2.41. The van der Waals surface area contributed by atoms with Crippen molar-refractivity contribution in [3.8, 4) is 0 Å². The first-order chi connectivity index (χ1) is 6.57. The Bertz CT molecular complexity index is 346. The van der Waals surface area contributed by atoms with Crippen molar-refractivity contribution < 1.29 is 4.92 Å². The molecule has 1 heterocycles. The Labute approximate surface area is 81.1 Å². The van der Waals surface area contributed by atoms with Crippen molar-refractivity contribution in [2.24, 2.45) is 12.8 Å². The molecule has 78 valence electrons. The first-order valence-electron chi connectivity index (χ1n) is 4.19. The summed E-state index contributed by atoms with van der Waals surface area (Å²) in [6.45, 7) is 2.61. The van der Waals surface area contributed by atoms with Crippen LogP contribution in [0.2, 0.25) is 0 Å². The maximum atomic E-state index is 10.6. The third-order valence-electron chi connectivity index (χ3n) is 1.91. The normalized spacial score (nSPS) is 10.2. The van der Waals surface area contributed by atoms with Crippen LogP contribution in [0.4, 0.5) is 11.6 Å². The van der Waals surface area contributed by atoms with Crippen molar-refractivity contribution in [2.45, 2.75) is 6.92 Å². The van der Waals surface area contributed by atoms with E-state index < -0.39 is 4.92 Å². The molecular weight excluding hydrogens is 186 g/mol. The lowest BCUT2D eigenvalue weighted by Crippen LogP contribution is -2.15. The van der Waals surface area contributed by atoms with E-state index in [9.17, 15) is 10.1 Å². The second-order valence-electron chi connectivity index (χ2n) is 2.86. The monoisotopic (exact) mass is 199 g/mol. The lowest BCUT2D eigenvalue weighted by Gasteiger charge is -2.04. The molecule has 0 amide bonds. The molecule has 3 N–H and O–H groups in total. The molecule has 0 saturated carbocycles. The minimum absolute atomic E-state index is 0.154. The average molecular weight is 199 g/mol. The highest BCUT2D eigenvalue weighted by atomic mass is 16.6. The fraction of sp³-hybridized carbons (Fsp3) is 0.571. The van der Waals surface area contributed by atoms with E-state index >= 15 is 0 Å². The molecule has 0 radical (unpaired) electrons. The molecule has 0 saturated heterocycles. The molecule has 7 nitrogen and oxygen atoms in total.